The second kappa shape index (κ2) is 5.13. The molecule has 0 spiro atoms. The van der Waals surface area contributed by atoms with Gasteiger partial charge in [-0.05, 0) is 30.7 Å². The summed E-state index contributed by atoms with van der Waals surface area (Å²) in [5.74, 6) is 0.820. The fourth-order valence-corrected chi connectivity index (χ4v) is 2.47. The van der Waals surface area contributed by atoms with Crippen LogP contribution in [0.5, 0.6) is 0 Å². The first-order valence-electron chi connectivity index (χ1n) is 5.98. The highest BCUT2D eigenvalue weighted by Gasteiger charge is 2.30. The van der Waals surface area contributed by atoms with Crippen molar-refractivity contribution in [2.75, 3.05) is 0 Å². The Hall–Kier alpha value is -2.49. The third kappa shape index (κ3) is 2.84. The van der Waals surface area contributed by atoms with E-state index in [-0.39, 0.29) is 21.5 Å². The Morgan fingerprint density at radius 1 is 1.19 bits per heavy atom. The molecule has 0 saturated heterocycles. The van der Waals surface area contributed by atoms with Crippen LogP contribution in [-0.4, -0.2) is 20.0 Å². The molecule has 1 aliphatic rings. The minimum atomic E-state index is -0.681. The highest BCUT2D eigenvalue weighted by Crippen LogP contribution is 2.41. The Morgan fingerprint density at radius 3 is 2.57 bits per heavy atom. The molecule has 0 amide bonds. The van der Waals surface area contributed by atoms with Crippen molar-refractivity contribution >= 4 is 23.1 Å². The highest BCUT2D eigenvalue weighted by molar-refractivity contribution is 7.99. The molecular formula is C11H8N4O5S. The zero-order valence-corrected chi connectivity index (χ0v) is 11.3. The van der Waals surface area contributed by atoms with Crippen LogP contribution in [0.3, 0.4) is 0 Å². The van der Waals surface area contributed by atoms with E-state index in [1.807, 2.05) is 0 Å². The third-order valence-electron chi connectivity index (χ3n) is 2.90. The molecule has 21 heavy (non-hydrogen) atoms. The number of non-ortho nitro benzene ring substituents is 1. The topological polar surface area (TPSA) is 125 Å². The van der Waals surface area contributed by atoms with Crippen molar-refractivity contribution in [2.45, 2.75) is 28.9 Å². The molecule has 1 saturated carbocycles. The van der Waals surface area contributed by atoms with Gasteiger partial charge in [-0.25, -0.2) is 0 Å². The standard InChI is InChI=1S/C11H8N4O5S/c16-14(17)7-3-4-9(8(5-7)15(18)19)21-11-13-12-10(20-11)6-1-2-6/h3-6H,1-2H2. The van der Waals surface area contributed by atoms with E-state index in [2.05, 4.69) is 10.2 Å². The van der Waals surface area contributed by atoms with Gasteiger partial charge in [-0.15, -0.1) is 10.2 Å². The quantitative estimate of drug-likeness (QED) is 0.609. The maximum Gasteiger partial charge on any atom is 0.290 e. The van der Waals surface area contributed by atoms with Crippen molar-refractivity contribution in [3.05, 3.63) is 44.3 Å². The summed E-state index contributed by atoms with van der Waals surface area (Å²) in [6.45, 7) is 0. The summed E-state index contributed by atoms with van der Waals surface area (Å²) >= 11 is 0.924. The largest absolute Gasteiger partial charge is 0.415 e. The van der Waals surface area contributed by atoms with Crippen molar-refractivity contribution in [3.63, 3.8) is 0 Å². The monoisotopic (exact) mass is 308 g/mol. The van der Waals surface area contributed by atoms with Crippen LogP contribution in [0.4, 0.5) is 11.4 Å². The molecule has 0 unspecified atom stereocenters. The van der Waals surface area contributed by atoms with Crippen LogP contribution in [0.25, 0.3) is 0 Å². The number of nitrogens with zero attached hydrogens (tertiary/aromatic N) is 4. The molecule has 0 N–H and O–H groups in total. The number of aromatic nitrogens is 2. The van der Waals surface area contributed by atoms with Gasteiger partial charge in [-0.2, -0.15) is 0 Å². The molecule has 9 nitrogen and oxygen atoms in total. The fraction of sp³-hybridized carbons (Fsp3) is 0.273. The SMILES string of the molecule is O=[N+]([O-])c1ccc(Sc2nnc(C3CC3)o2)c([N+](=O)[O-])c1. The second-order valence-electron chi connectivity index (χ2n) is 4.45. The first kappa shape index (κ1) is 13.5. The molecule has 0 radical (unpaired) electrons. The summed E-state index contributed by atoms with van der Waals surface area (Å²) < 4.78 is 5.41. The molecule has 1 fully saturated rings. The molecule has 1 aromatic heterocycles. The van der Waals surface area contributed by atoms with Crippen LogP contribution in [0.15, 0.2) is 32.7 Å². The van der Waals surface area contributed by atoms with E-state index in [4.69, 9.17) is 4.42 Å². The molecule has 0 bridgehead atoms. The lowest BCUT2D eigenvalue weighted by atomic mass is 10.3. The van der Waals surface area contributed by atoms with Gasteiger partial charge in [0.05, 0.1) is 20.8 Å². The van der Waals surface area contributed by atoms with Gasteiger partial charge >= 0.3 is 0 Å². The van der Waals surface area contributed by atoms with Crippen LogP contribution in [0.1, 0.15) is 24.7 Å². The average Bonchev–Trinajstić information content (AvgIpc) is 3.19. The highest BCUT2D eigenvalue weighted by atomic mass is 32.2. The molecule has 1 heterocycles. The lowest BCUT2D eigenvalue weighted by Gasteiger charge is -1.99. The number of nitro benzene ring substituents is 2. The first-order chi connectivity index (χ1) is 10.0. The smallest absolute Gasteiger partial charge is 0.290 e. The number of benzene rings is 1. The van der Waals surface area contributed by atoms with Crippen LogP contribution < -0.4 is 0 Å². The number of hydrogen-bond acceptors (Lipinski definition) is 8. The van der Waals surface area contributed by atoms with Crippen molar-refractivity contribution in [2.24, 2.45) is 0 Å². The lowest BCUT2D eigenvalue weighted by molar-refractivity contribution is -0.396. The van der Waals surface area contributed by atoms with Gasteiger partial charge in [-0.1, -0.05) is 0 Å². The summed E-state index contributed by atoms with van der Waals surface area (Å²) in [7, 11) is 0. The summed E-state index contributed by atoms with van der Waals surface area (Å²) in [4.78, 5) is 20.5. The van der Waals surface area contributed by atoms with E-state index in [1.54, 1.807) is 0 Å². The van der Waals surface area contributed by atoms with E-state index < -0.39 is 9.85 Å². The number of rotatable bonds is 5. The summed E-state index contributed by atoms with van der Waals surface area (Å²) in [6, 6.07) is 3.43. The maximum atomic E-state index is 11.0. The van der Waals surface area contributed by atoms with Crippen molar-refractivity contribution in [1.82, 2.24) is 10.2 Å². The summed E-state index contributed by atoms with van der Waals surface area (Å²) in [6.07, 6.45) is 2.01. The maximum absolute atomic E-state index is 11.0. The van der Waals surface area contributed by atoms with Gasteiger partial charge in [0.2, 0.25) is 5.89 Å². The summed E-state index contributed by atoms with van der Waals surface area (Å²) in [5, 5.41) is 29.6. The number of nitro groups is 2. The minimum absolute atomic E-state index is 0.189. The molecule has 3 rings (SSSR count). The van der Waals surface area contributed by atoms with Gasteiger partial charge in [-0.3, -0.25) is 20.2 Å². The number of hydrogen-bond donors (Lipinski definition) is 0. The van der Waals surface area contributed by atoms with E-state index in [0.717, 1.165) is 30.7 Å². The summed E-state index contributed by atoms with van der Waals surface area (Å²) in [5.41, 5.74) is -0.698. The molecular weight excluding hydrogens is 300 g/mol. The van der Waals surface area contributed by atoms with Crippen molar-refractivity contribution in [1.29, 1.82) is 0 Å². The Morgan fingerprint density at radius 2 is 1.95 bits per heavy atom. The normalized spacial score (nSPS) is 14.1. The van der Waals surface area contributed by atoms with E-state index in [9.17, 15) is 20.2 Å². The lowest BCUT2D eigenvalue weighted by Crippen LogP contribution is -1.94. The van der Waals surface area contributed by atoms with Crippen LogP contribution in [0.2, 0.25) is 0 Å². The molecule has 1 aromatic carbocycles. The Bertz CT molecular complexity index is 727. The molecule has 1 aliphatic carbocycles. The van der Waals surface area contributed by atoms with Crippen LogP contribution in [0, 0.1) is 20.2 Å². The first-order valence-corrected chi connectivity index (χ1v) is 6.80. The third-order valence-corrected chi connectivity index (χ3v) is 3.80. The Kier molecular flexibility index (Phi) is 3.29. The van der Waals surface area contributed by atoms with Crippen LogP contribution >= 0.6 is 11.8 Å². The van der Waals surface area contributed by atoms with Crippen molar-refractivity contribution < 1.29 is 14.3 Å². The van der Waals surface area contributed by atoms with E-state index >= 15 is 0 Å². The minimum Gasteiger partial charge on any atom is -0.415 e. The zero-order valence-electron chi connectivity index (χ0n) is 10.5. The predicted molar refractivity (Wildman–Crippen MR) is 70.1 cm³/mol. The van der Waals surface area contributed by atoms with Gasteiger partial charge < -0.3 is 4.42 Å². The van der Waals surface area contributed by atoms with Gasteiger partial charge in [0, 0.05) is 12.0 Å². The Balaban J connectivity index is 1.89. The Labute approximate surface area is 121 Å². The van der Waals surface area contributed by atoms with E-state index in [1.165, 1.54) is 12.1 Å². The zero-order chi connectivity index (χ0) is 15.0. The molecule has 108 valence electrons. The molecule has 0 aliphatic heterocycles. The molecule has 10 heteroatoms. The molecule has 2 aromatic rings. The average molecular weight is 308 g/mol. The second-order valence-corrected chi connectivity index (χ2v) is 5.44. The van der Waals surface area contributed by atoms with Crippen LogP contribution in [-0.2, 0) is 0 Å². The molecule has 0 atom stereocenters. The van der Waals surface area contributed by atoms with Gasteiger partial charge in [0.15, 0.2) is 0 Å². The predicted octanol–water partition coefficient (Wildman–Crippen LogP) is 2.91. The fourth-order valence-electron chi connectivity index (χ4n) is 1.70. The van der Waals surface area contributed by atoms with Crippen molar-refractivity contribution in [3.8, 4) is 0 Å². The van der Waals surface area contributed by atoms with E-state index in [0.29, 0.717) is 11.8 Å². The van der Waals surface area contributed by atoms with Gasteiger partial charge in [0.1, 0.15) is 0 Å². The van der Waals surface area contributed by atoms with Gasteiger partial charge in [0.25, 0.3) is 16.6 Å².